The fraction of sp³-hybridized carbons (Fsp3) is 0. The molecular weight excluding hydrogens is 254 g/mol. The van der Waals surface area contributed by atoms with Gasteiger partial charge in [0.15, 0.2) is 11.1 Å². The highest BCUT2D eigenvalue weighted by molar-refractivity contribution is 7.20. The van der Waals surface area contributed by atoms with Crippen molar-refractivity contribution < 1.29 is 9.51 Å². The third-order valence-corrected chi connectivity index (χ3v) is 3.98. The standard InChI is InChI=1S/C13H8ClNOS/c14-10-6-4-9(5-7-10)12-13(16)15-8-2-1-3-11(15)17-12/h1-8H/p+1. The van der Waals surface area contributed by atoms with E-state index < -0.39 is 0 Å². The zero-order chi connectivity index (χ0) is 11.8. The van der Waals surface area contributed by atoms with Crippen molar-refractivity contribution in [2.24, 2.45) is 0 Å². The molecule has 2 nitrogen and oxygen atoms in total. The third-order valence-electron chi connectivity index (χ3n) is 2.57. The highest BCUT2D eigenvalue weighted by Crippen LogP contribution is 2.34. The van der Waals surface area contributed by atoms with Gasteiger partial charge in [-0.1, -0.05) is 35.1 Å². The molecule has 2 aromatic heterocycles. The Kier molecular flexibility index (Phi) is 2.50. The van der Waals surface area contributed by atoms with Crippen LogP contribution < -0.4 is 4.40 Å². The number of aromatic hydroxyl groups is 1. The van der Waals surface area contributed by atoms with Crippen molar-refractivity contribution in [1.29, 1.82) is 0 Å². The van der Waals surface area contributed by atoms with E-state index in [0.717, 1.165) is 15.3 Å². The average molecular weight is 263 g/mol. The van der Waals surface area contributed by atoms with Crippen molar-refractivity contribution >= 4 is 27.8 Å². The van der Waals surface area contributed by atoms with Crippen LogP contribution in [0.15, 0.2) is 48.7 Å². The summed E-state index contributed by atoms with van der Waals surface area (Å²) in [6.07, 6.45) is 1.85. The van der Waals surface area contributed by atoms with Gasteiger partial charge in [0.25, 0.3) is 4.83 Å². The minimum Gasteiger partial charge on any atom is -0.458 e. The summed E-state index contributed by atoms with van der Waals surface area (Å²) in [5, 5.41) is 10.8. The van der Waals surface area contributed by atoms with Gasteiger partial charge in [0.05, 0.1) is 0 Å². The highest BCUT2D eigenvalue weighted by atomic mass is 35.5. The smallest absolute Gasteiger partial charge is 0.390 e. The second kappa shape index (κ2) is 4.02. The molecule has 1 aromatic carbocycles. The molecule has 0 bridgehead atoms. The molecule has 0 aliphatic rings. The molecule has 0 unspecified atom stereocenters. The normalized spacial score (nSPS) is 10.9. The molecule has 1 N–H and O–H groups in total. The molecule has 2 heterocycles. The Hall–Kier alpha value is -1.58. The predicted octanol–water partition coefficient (Wildman–Crippen LogP) is 3.51. The first kappa shape index (κ1) is 10.6. The number of aromatic nitrogens is 1. The summed E-state index contributed by atoms with van der Waals surface area (Å²) >= 11 is 7.41. The lowest BCUT2D eigenvalue weighted by Crippen LogP contribution is -2.16. The molecule has 84 valence electrons. The van der Waals surface area contributed by atoms with Crippen LogP contribution in [-0.2, 0) is 0 Å². The zero-order valence-corrected chi connectivity index (χ0v) is 10.4. The second-order valence-corrected chi connectivity index (χ2v) is 5.14. The van der Waals surface area contributed by atoms with E-state index in [9.17, 15) is 5.11 Å². The van der Waals surface area contributed by atoms with Gasteiger partial charge in [0.2, 0.25) is 0 Å². The molecule has 0 fully saturated rings. The first-order valence-corrected chi connectivity index (χ1v) is 6.33. The molecule has 0 radical (unpaired) electrons. The summed E-state index contributed by atoms with van der Waals surface area (Å²) in [6.45, 7) is 0. The van der Waals surface area contributed by atoms with Crippen LogP contribution in [0.25, 0.3) is 15.3 Å². The summed E-state index contributed by atoms with van der Waals surface area (Å²) < 4.78 is 1.77. The van der Waals surface area contributed by atoms with Crippen LogP contribution in [0, 0.1) is 0 Å². The Balaban J connectivity index is 2.24. The van der Waals surface area contributed by atoms with Gasteiger partial charge in [0, 0.05) is 22.7 Å². The second-order valence-electron chi connectivity index (χ2n) is 3.67. The van der Waals surface area contributed by atoms with Crippen LogP contribution in [0.4, 0.5) is 0 Å². The number of pyridine rings is 1. The molecule has 0 spiro atoms. The van der Waals surface area contributed by atoms with Crippen LogP contribution in [0.1, 0.15) is 0 Å². The van der Waals surface area contributed by atoms with Gasteiger partial charge in [0.1, 0.15) is 0 Å². The van der Waals surface area contributed by atoms with Crippen LogP contribution in [-0.4, -0.2) is 5.11 Å². The molecule has 3 aromatic rings. The fourth-order valence-corrected chi connectivity index (χ4v) is 2.91. The molecule has 0 saturated carbocycles. The number of hydrogen-bond donors (Lipinski definition) is 1. The number of rotatable bonds is 1. The molecule has 0 amide bonds. The van der Waals surface area contributed by atoms with Crippen molar-refractivity contribution in [2.45, 2.75) is 0 Å². The van der Waals surface area contributed by atoms with Crippen LogP contribution >= 0.6 is 22.9 Å². The lowest BCUT2D eigenvalue weighted by Gasteiger charge is -1.94. The van der Waals surface area contributed by atoms with Crippen molar-refractivity contribution in [2.75, 3.05) is 0 Å². The summed E-state index contributed by atoms with van der Waals surface area (Å²) in [4.78, 5) is 1.86. The van der Waals surface area contributed by atoms with E-state index in [4.69, 9.17) is 11.6 Å². The van der Waals surface area contributed by atoms with Crippen molar-refractivity contribution in [3.05, 3.63) is 53.7 Å². The van der Waals surface area contributed by atoms with Gasteiger partial charge in [-0.3, -0.25) is 0 Å². The van der Waals surface area contributed by atoms with Gasteiger partial charge in [-0.25, -0.2) is 0 Å². The predicted molar refractivity (Wildman–Crippen MR) is 69.6 cm³/mol. The molecule has 0 atom stereocenters. The van der Waals surface area contributed by atoms with Crippen LogP contribution in [0.5, 0.6) is 5.88 Å². The topological polar surface area (TPSA) is 24.3 Å². The molecule has 0 saturated heterocycles. The first-order valence-electron chi connectivity index (χ1n) is 5.14. The number of benzene rings is 1. The van der Waals surface area contributed by atoms with Gasteiger partial charge < -0.3 is 5.11 Å². The van der Waals surface area contributed by atoms with E-state index in [0.29, 0.717) is 5.02 Å². The zero-order valence-electron chi connectivity index (χ0n) is 8.80. The SMILES string of the molecule is Oc1c(-c2ccc(Cl)cc2)sc2cccc[n+]12. The van der Waals surface area contributed by atoms with E-state index in [1.807, 2.05) is 48.7 Å². The van der Waals surface area contributed by atoms with Gasteiger partial charge in [-0.15, -0.1) is 4.40 Å². The van der Waals surface area contributed by atoms with Crippen molar-refractivity contribution in [1.82, 2.24) is 0 Å². The molecule has 0 aliphatic carbocycles. The van der Waals surface area contributed by atoms with Crippen molar-refractivity contribution in [3.63, 3.8) is 0 Å². The first-order chi connectivity index (χ1) is 8.25. The molecule has 17 heavy (non-hydrogen) atoms. The average Bonchev–Trinajstić information content (AvgIpc) is 2.69. The molecule has 0 aliphatic heterocycles. The Morgan fingerprint density at radius 3 is 2.53 bits per heavy atom. The summed E-state index contributed by atoms with van der Waals surface area (Å²) in [7, 11) is 0. The summed E-state index contributed by atoms with van der Waals surface area (Å²) in [6, 6.07) is 13.3. The third kappa shape index (κ3) is 1.77. The maximum atomic E-state index is 10.2. The van der Waals surface area contributed by atoms with Crippen LogP contribution in [0.2, 0.25) is 5.02 Å². The maximum absolute atomic E-state index is 10.2. The Bertz CT molecular complexity index is 675. The Morgan fingerprint density at radius 1 is 1.06 bits per heavy atom. The monoisotopic (exact) mass is 262 g/mol. The van der Waals surface area contributed by atoms with E-state index in [1.165, 1.54) is 0 Å². The molecule has 3 rings (SSSR count). The van der Waals surface area contributed by atoms with E-state index >= 15 is 0 Å². The minimum atomic E-state index is 0.271. The highest BCUT2D eigenvalue weighted by Gasteiger charge is 2.20. The van der Waals surface area contributed by atoms with Crippen molar-refractivity contribution in [3.8, 4) is 16.3 Å². The number of nitrogens with zero attached hydrogens (tertiary/aromatic N) is 1. The fourth-order valence-electron chi connectivity index (χ4n) is 1.73. The number of thiazole rings is 1. The van der Waals surface area contributed by atoms with Gasteiger partial charge in [-0.05, 0) is 18.2 Å². The number of halogens is 1. The number of fused-ring (bicyclic) bond motifs is 1. The van der Waals surface area contributed by atoms with Gasteiger partial charge >= 0.3 is 5.88 Å². The summed E-state index contributed by atoms with van der Waals surface area (Å²) in [5.41, 5.74) is 0.973. The van der Waals surface area contributed by atoms with E-state index in [2.05, 4.69) is 0 Å². The van der Waals surface area contributed by atoms with E-state index in [-0.39, 0.29) is 5.88 Å². The number of hydrogen-bond acceptors (Lipinski definition) is 2. The quantitative estimate of drug-likeness (QED) is 0.667. The van der Waals surface area contributed by atoms with Crippen LogP contribution in [0.3, 0.4) is 0 Å². The molecular formula is C13H9ClNOS+. The minimum absolute atomic E-state index is 0.271. The molecule has 4 heteroatoms. The Morgan fingerprint density at radius 2 is 1.82 bits per heavy atom. The van der Waals surface area contributed by atoms with Gasteiger partial charge in [-0.2, -0.15) is 0 Å². The lowest BCUT2D eigenvalue weighted by atomic mass is 10.2. The van der Waals surface area contributed by atoms with E-state index in [1.54, 1.807) is 15.7 Å². The Labute approximate surface area is 107 Å². The maximum Gasteiger partial charge on any atom is 0.390 e. The lowest BCUT2D eigenvalue weighted by molar-refractivity contribution is -0.517. The summed E-state index contributed by atoms with van der Waals surface area (Å²) in [5.74, 6) is 0.271. The largest absolute Gasteiger partial charge is 0.458 e.